The minimum atomic E-state index is -1.83. The average Bonchev–Trinajstić information content (AvgIpc) is 2.81. The number of fused-ring (bicyclic) bond motifs is 2. The molecule has 2 bridgehead atoms. The summed E-state index contributed by atoms with van der Waals surface area (Å²) in [6.45, 7) is 21.6. The van der Waals surface area contributed by atoms with E-state index < -0.39 is 27.9 Å². The Hall–Kier alpha value is -2.49. The van der Waals surface area contributed by atoms with Crippen molar-refractivity contribution in [1.29, 1.82) is 0 Å². The number of allylic oxidation sites excluding steroid dienone is 10. The van der Waals surface area contributed by atoms with Crippen LogP contribution in [0.15, 0.2) is 57.9 Å². The molecular weight excluding hydrogens is 484 g/mol. The second-order valence-corrected chi connectivity index (χ2v) is 13.5. The number of hydrogen-bond donors (Lipinski definition) is 1. The second-order valence-electron chi connectivity index (χ2n) is 13.5. The normalized spacial score (nSPS) is 28.3. The molecule has 2 aliphatic rings. The number of aliphatic hydroxyl groups is 1. The topological polar surface area (TPSA) is 71.4 Å². The Labute approximate surface area is 237 Å². The van der Waals surface area contributed by atoms with E-state index in [9.17, 15) is 19.5 Å². The molecule has 4 atom stereocenters. The third-order valence-corrected chi connectivity index (χ3v) is 8.98. The largest absolute Gasteiger partial charge is 0.511 e. The third kappa shape index (κ3) is 5.86. The molecule has 0 aromatic carbocycles. The Morgan fingerprint density at radius 3 is 1.92 bits per heavy atom. The third-order valence-electron chi connectivity index (χ3n) is 8.98. The second kappa shape index (κ2) is 12.4. The van der Waals surface area contributed by atoms with Gasteiger partial charge in [0.1, 0.15) is 5.76 Å². The van der Waals surface area contributed by atoms with Gasteiger partial charge in [0.15, 0.2) is 22.8 Å². The number of carbonyl (C=O) groups excluding carboxylic acids is 3. The Morgan fingerprint density at radius 2 is 1.44 bits per heavy atom. The van der Waals surface area contributed by atoms with E-state index >= 15 is 0 Å². The van der Waals surface area contributed by atoms with Crippen molar-refractivity contribution >= 4 is 17.3 Å². The minimum absolute atomic E-state index is 0.117. The Morgan fingerprint density at radius 1 is 0.897 bits per heavy atom. The monoisotopic (exact) mass is 536 g/mol. The quantitative estimate of drug-likeness (QED) is 0.211. The van der Waals surface area contributed by atoms with Gasteiger partial charge in [0.25, 0.3) is 0 Å². The average molecular weight is 537 g/mol. The molecule has 0 heterocycles. The van der Waals surface area contributed by atoms with Gasteiger partial charge in [-0.3, -0.25) is 14.4 Å². The fraction of sp³-hybridized carbons (Fsp3) is 0.629. The molecule has 216 valence electrons. The van der Waals surface area contributed by atoms with Crippen LogP contribution in [0.5, 0.6) is 0 Å². The zero-order valence-electron chi connectivity index (χ0n) is 26.4. The SMILES string of the molecule is CC(C)=CCC[C@]1(C)[C@H](CC=C(C)C)CC2(CC=C(C)C)C(=O)[C@]1(C(=O)C(C)C)C(=O)C(CC=C(C)C)=C2O. The van der Waals surface area contributed by atoms with E-state index in [1.54, 1.807) is 13.8 Å². The summed E-state index contributed by atoms with van der Waals surface area (Å²) >= 11 is 0. The van der Waals surface area contributed by atoms with Crippen LogP contribution in [0.25, 0.3) is 0 Å². The summed E-state index contributed by atoms with van der Waals surface area (Å²) in [5.41, 5.74) is 0.583. The van der Waals surface area contributed by atoms with E-state index in [0.29, 0.717) is 25.7 Å². The van der Waals surface area contributed by atoms with Gasteiger partial charge in [0.05, 0.1) is 5.41 Å². The van der Waals surface area contributed by atoms with E-state index in [1.807, 2.05) is 74.5 Å². The van der Waals surface area contributed by atoms with Crippen molar-refractivity contribution in [2.75, 3.05) is 0 Å². The fourth-order valence-corrected chi connectivity index (χ4v) is 6.71. The molecule has 0 aromatic heterocycles. The summed E-state index contributed by atoms with van der Waals surface area (Å²) < 4.78 is 0. The van der Waals surface area contributed by atoms with Gasteiger partial charge >= 0.3 is 0 Å². The molecule has 0 aromatic rings. The number of hydrogen-bond acceptors (Lipinski definition) is 4. The molecule has 0 amide bonds. The Bertz CT molecular complexity index is 1140. The molecule has 0 spiro atoms. The Kier molecular flexibility index (Phi) is 10.4. The molecule has 1 saturated carbocycles. The summed E-state index contributed by atoms with van der Waals surface area (Å²) in [5, 5.41) is 11.9. The summed E-state index contributed by atoms with van der Waals surface area (Å²) in [7, 11) is 0. The summed E-state index contributed by atoms with van der Waals surface area (Å²) in [6, 6.07) is 0. The number of aliphatic hydroxyl groups excluding tert-OH is 1. The van der Waals surface area contributed by atoms with Crippen LogP contribution in [0.4, 0.5) is 0 Å². The summed E-state index contributed by atoms with van der Waals surface area (Å²) in [6.07, 6.45) is 11.0. The van der Waals surface area contributed by atoms with Crippen molar-refractivity contribution in [3.05, 3.63) is 57.9 Å². The molecule has 4 heteroatoms. The van der Waals surface area contributed by atoms with Gasteiger partial charge in [-0.25, -0.2) is 0 Å². The van der Waals surface area contributed by atoms with Gasteiger partial charge in [-0.1, -0.05) is 67.4 Å². The molecule has 1 N–H and O–H groups in total. The van der Waals surface area contributed by atoms with Crippen molar-refractivity contribution in [3.8, 4) is 0 Å². The maximum absolute atomic E-state index is 15.0. The first-order valence-corrected chi connectivity index (χ1v) is 14.6. The summed E-state index contributed by atoms with van der Waals surface area (Å²) in [5.74, 6) is -1.93. The number of carbonyl (C=O) groups is 3. The highest BCUT2D eigenvalue weighted by Crippen LogP contribution is 2.67. The first-order chi connectivity index (χ1) is 18.0. The molecule has 1 unspecified atom stereocenters. The lowest BCUT2D eigenvalue weighted by molar-refractivity contribution is -0.180. The molecular formula is C35H52O4. The molecule has 1 fully saturated rings. The first kappa shape index (κ1) is 32.7. The van der Waals surface area contributed by atoms with Crippen LogP contribution in [-0.4, -0.2) is 22.5 Å². The van der Waals surface area contributed by atoms with E-state index in [0.717, 1.165) is 16.7 Å². The smallest absolute Gasteiger partial charge is 0.184 e. The van der Waals surface area contributed by atoms with Gasteiger partial charge in [-0.05, 0) is 105 Å². The van der Waals surface area contributed by atoms with E-state index in [1.165, 1.54) is 5.57 Å². The van der Waals surface area contributed by atoms with Crippen molar-refractivity contribution in [2.45, 2.75) is 115 Å². The van der Waals surface area contributed by atoms with Gasteiger partial charge in [0.2, 0.25) is 0 Å². The fourth-order valence-electron chi connectivity index (χ4n) is 6.71. The standard InChI is InChI=1S/C35H52O4/c1-22(2)13-12-19-33(11)27(16-14-23(3)4)21-34(20-18-25(7)8)30(37)28(17-15-24(5)6)31(38)35(33,32(34)39)29(36)26(9)10/h13-15,18,26-27,37H,12,16-17,19-21H2,1-11H3/t27-,33-,34?,35+/m1/s1. The van der Waals surface area contributed by atoms with Crippen LogP contribution in [0.3, 0.4) is 0 Å². The molecule has 2 rings (SSSR count). The van der Waals surface area contributed by atoms with Gasteiger partial charge in [0, 0.05) is 11.5 Å². The van der Waals surface area contributed by atoms with Crippen LogP contribution in [0, 0.1) is 28.1 Å². The zero-order chi connectivity index (χ0) is 29.9. The van der Waals surface area contributed by atoms with Gasteiger partial charge < -0.3 is 5.11 Å². The molecule has 0 saturated heterocycles. The molecule has 2 aliphatic carbocycles. The van der Waals surface area contributed by atoms with Crippen LogP contribution in [-0.2, 0) is 14.4 Å². The highest BCUT2D eigenvalue weighted by Gasteiger charge is 2.75. The molecule has 0 radical (unpaired) electrons. The lowest BCUT2D eigenvalue weighted by Gasteiger charge is -2.61. The molecule has 0 aliphatic heterocycles. The molecule has 39 heavy (non-hydrogen) atoms. The van der Waals surface area contributed by atoms with Crippen molar-refractivity contribution in [1.82, 2.24) is 0 Å². The number of rotatable bonds is 11. The van der Waals surface area contributed by atoms with Crippen LogP contribution in [0.2, 0.25) is 0 Å². The van der Waals surface area contributed by atoms with Crippen molar-refractivity contribution < 1.29 is 19.5 Å². The maximum atomic E-state index is 15.0. The minimum Gasteiger partial charge on any atom is -0.511 e. The summed E-state index contributed by atoms with van der Waals surface area (Å²) in [4.78, 5) is 44.3. The maximum Gasteiger partial charge on any atom is 0.184 e. The highest BCUT2D eigenvalue weighted by molar-refractivity contribution is 6.33. The van der Waals surface area contributed by atoms with Crippen LogP contribution >= 0.6 is 0 Å². The van der Waals surface area contributed by atoms with Crippen LogP contribution < -0.4 is 0 Å². The van der Waals surface area contributed by atoms with E-state index in [-0.39, 0.29) is 41.7 Å². The Balaban J connectivity index is 3.09. The van der Waals surface area contributed by atoms with Gasteiger partial charge in [-0.2, -0.15) is 0 Å². The number of Topliss-reactive ketones (excluding diaryl/α,β-unsaturated/α-hetero) is 3. The lowest BCUT2D eigenvalue weighted by Crippen LogP contribution is -2.71. The lowest BCUT2D eigenvalue weighted by atomic mass is 9.38. The zero-order valence-corrected chi connectivity index (χ0v) is 26.4. The van der Waals surface area contributed by atoms with E-state index in [4.69, 9.17) is 0 Å². The first-order valence-electron chi connectivity index (χ1n) is 14.6. The van der Waals surface area contributed by atoms with Crippen molar-refractivity contribution in [3.63, 3.8) is 0 Å². The van der Waals surface area contributed by atoms with Crippen LogP contribution in [0.1, 0.15) is 115 Å². The highest BCUT2D eigenvalue weighted by atomic mass is 16.3. The predicted octanol–water partition coefficient (Wildman–Crippen LogP) is 8.99. The molecule has 4 nitrogen and oxygen atoms in total. The predicted molar refractivity (Wildman–Crippen MR) is 161 cm³/mol. The number of ketones is 3. The van der Waals surface area contributed by atoms with Gasteiger partial charge in [-0.15, -0.1) is 0 Å². The van der Waals surface area contributed by atoms with Crippen molar-refractivity contribution in [2.24, 2.45) is 28.1 Å². The van der Waals surface area contributed by atoms with E-state index in [2.05, 4.69) is 12.2 Å².